The van der Waals surface area contributed by atoms with Crippen molar-refractivity contribution in [2.75, 3.05) is 45.3 Å². The van der Waals surface area contributed by atoms with Crippen molar-refractivity contribution < 1.29 is 22.7 Å². The molecule has 0 radical (unpaired) electrons. The van der Waals surface area contributed by atoms with Crippen LogP contribution in [0, 0.1) is 0 Å². The summed E-state index contributed by atoms with van der Waals surface area (Å²) in [6.45, 7) is 1.32. The minimum atomic E-state index is -3.88. The molecule has 1 spiro atoms. The molecule has 3 heterocycles. The van der Waals surface area contributed by atoms with Gasteiger partial charge in [-0.2, -0.15) is 9.30 Å². The van der Waals surface area contributed by atoms with Crippen LogP contribution in [0.4, 0.5) is 11.6 Å². The molecule has 0 bridgehead atoms. The number of anilines is 2. The molecule has 1 saturated carbocycles. The van der Waals surface area contributed by atoms with Crippen LogP contribution in [0.5, 0.6) is 5.75 Å². The lowest BCUT2D eigenvalue weighted by molar-refractivity contribution is 0.0668. The molecule has 1 aromatic heterocycles. The summed E-state index contributed by atoms with van der Waals surface area (Å²) in [7, 11) is -0.861. The Kier molecular flexibility index (Phi) is 8.68. The molecule has 2 saturated heterocycles. The van der Waals surface area contributed by atoms with Crippen molar-refractivity contribution in [3.8, 4) is 5.75 Å². The number of carbonyl (C=O) groups is 2. The number of halogens is 1. The summed E-state index contributed by atoms with van der Waals surface area (Å²) in [5.41, 5.74) is 11.0. The van der Waals surface area contributed by atoms with Crippen molar-refractivity contribution in [1.82, 2.24) is 29.8 Å². The van der Waals surface area contributed by atoms with Gasteiger partial charge in [-0.05, 0) is 43.9 Å². The van der Waals surface area contributed by atoms with Crippen molar-refractivity contribution in [3.63, 3.8) is 0 Å². The number of sulfonamides is 1. The van der Waals surface area contributed by atoms with Gasteiger partial charge < -0.3 is 31.7 Å². The molecule has 0 atom stereocenters. The molecule has 1 aromatic carbocycles. The summed E-state index contributed by atoms with van der Waals surface area (Å²) in [5.74, 6) is -0.796. The van der Waals surface area contributed by atoms with E-state index < -0.39 is 21.5 Å². The second-order valence-electron chi connectivity index (χ2n) is 11.1. The Hall–Kier alpha value is -3.69. The molecular weight excluding hydrogens is 598 g/mol. The summed E-state index contributed by atoms with van der Waals surface area (Å²) in [4.78, 5) is 39.6. The number of hydrogen-bond donors (Lipinski definition) is 4. The highest BCUT2D eigenvalue weighted by molar-refractivity contribution is 7.89. The van der Waals surface area contributed by atoms with Gasteiger partial charge in [-0.1, -0.05) is 30.9 Å². The zero-order valence-corrected chi connectivity index (χ0v) is 25.7. The van der Waals surface area contributed by atoms with Crippen LogP contribution in [0.2, 0.25) is 5.15 Å². The average molecular weight is 634 g/mol. The third-order valence-electron chi connectivity index (χ3n) is 8.46. The van der Waals surface area contributed by atoms with Crippen molar-refractivity contribution >= 4 is 51.0 Å². The van der Waals surface area contributed by atoms with Crippen LogP contribution in [0.1, 0.15) is 65.8 Å². The molecule has 5 rings (SSSR count). The number of guanidine groups is 1. The molecule has 14 nitrogen and oxygen atoms in total. The van der Waals surface area contributed by atoms with Gasteiger partial charge in [-0.3, -0.25) is 9.59 Å². The second kappa shape index (κ2) is 12.1. The van der Waals surface area contributed by atoms with Crippen LogP contribution < -0.4 is 26.8 Å². The fraction of sp³-hybridized carbons (Fsp3) is 0.519. The standard InChI is InChI=1S/C27H36ClN9O5S/c1-36(17-6-4-3-5-7-17)43(40,41)19-14-16(8-9-18(19)42-2)25(39)37-12-10-27(11-13-37)15-31-26(35-27)34-24(38)20-22(29)33-23(30)21(28)32-20/h8-9,14,17H,3-7,10-13,15H2,1-2H3,(H4,29,30,33)(H2,31,34,35,38). The van der Waals surface area contributed by atoms with Crippen molar-refractivity contribution in [2.24, 2.45) is 4.99 Å². The van der Waals surface area contributed by atoms with Gasteiger partial charge in [-0.25, -0.2) is 18.4 Å². The number of methoxy groups -OCH3 is 1. The summed E-state index contributed by atoms with van der Waals surface area (Å²) in [6, 6.07) is 4.47. The number of ether oxygens (including phenoxy) is 1. The smallest absolute Gasteiger partial charge is 0.302 e. The normalized spacial score (nSPS) is 19.8. The monoisotopic (exact) mass is 633 g/mol. The Morgan fingerprint density at radius 2 is 1.84 bits per heavy atom. The molecule has 6 N–H and O–H groups in total. The molecule has 3 fully saturated rings. The number of rotatable bonds is 6. The molecule has 2 aliphatic heterocycles. The van der Waals surface area contributed by atoms with Crippen molar-refractivity contribution in [2.45, 2.75) is 61.4 Å². The molecular formula is C27H36ClN9O5S. The van der Waals surface area contributed by atoms with Gasteiger partial charge in [-0.15, -0.1) is 0 Å². The second-order valence-corrected chi connectivity index (χ2v) is 13.5. The number of aliphatic imine (C=N–C) groups is 1. The van der Waals surface area contributed by atoms with Gasteiger partial charge in [0.15, 0.2) is 28.4 Å². The number of nitrogen functional groups attached to an aromatic ring is 2. The number of amides is 2. The Bertz CT molecular complexity index is 1550. The van der Waals surface area contributed by atoms with Crippen LogP contribution in [0.3, 0.4) is 0 Å². The van der Waals surface area contributed by atoms with Crippen LogP contribution in [0.25, 0.3) is 0 Å². The maximum absolute atomic E-state index is 13.6. The summed E-state index contributed by atoms with van der Waals surface area (Å²) < 4.78 is 34.1. The third-order valence-corrected chi connectivity index (χ3v) is 10.7. The van der Waals surface area contributed by atoms with E-state index in [1.165, 1.54) is 23.5 Å². The lowest BCUT2D eigenvalue weighted by Crippen LogP contribution is -2.53. The van der Waals surface area contributed by atoms with Crippen LogP contribution in [-0.2, 0) is 10.0 Å². The van der Waals surface area contributed by atoms with Crippen LogP contribution in [0.15, 0.2) is 28.1 Å². The first-order valence-corrected chi connectivity index (χ1v) is 15.9. The third kappa shape index (κ3) is 6.19. The minimum Gasteiger partial charge on any atom is -0.495 e. The summed E-state index contributed by atoms with van der Waals surface area (Å²) in [6.07, 6.45) is 5.86. The predicted molar refractivity (Wildman–Crippen MR) is 161 cm³/mol. The lowest BCUT2D eigenvalue weighted by Gasteiger charge is -2.38. The van der Waals surface area contributed by atoms with E-state index in [0.717, 1.165) is 32.1 Å². The maximum atomic E-state index is 13.6. The van der Waals surface area contributed by atoms with E-state index in [-0.39, 0.29) is 56.6 Å². The van der Waals surface area contributed by atoms with Crippen LogP contribution in [-0.4, -0.2) is 90.7 Å². The van der Waals surface area contributed by atoms with Gasteiger partial charge in [0.05, 0.1) is 12.6 Å². The Labute approximate surface area is 255 Å². The van der Waals surface area contributed by atoms with Crippen LogP contribution >= 0.6 is 11.6 Å². The molecule has 0 unspecified atom stereocenters. The number of nitrogens with one attached hydrogen (secondary N) is 2. The first kappa shape index (κ1) is 30.8. The largest absolute Gasteiger partial charge is 0.495 e. The minimum absolute atomic E-state index is 0.0118. The van der Waals surface area contributed by atoms with E-state index in [1.54, 1.807) is 18.0 Å². The fourth-order valence-corrected chi connectivity index (χ4v) is 7.56. The number of nitrogens with zero attached hydrogens (tertiary/aromatic N) is 5. The Morgan fingerprint density at radius 3 is 2.51 bits per heavy atom. The highest BCUT2D eigenvalue weighted by Crippen LogP contribution is 2.33. The number of piperidine rings is 1. The van der Waals surface area contributed by atoms with Gasteiger partial charge in [0, 0.05) is 38.3 Å². The zero-order chi connectivity index (χ0) is 30.9. The van der Waals surface area contributed by atoms with E-state index in [9.17, 15) is 18.0 Å². The van der Waals surface area contributed by atoms with Crippen molar-refractivity contribution in [3.05, 3.63) is 34.6 Å². The number of nitrogens with two attached hydrogens (primary N) is 2. The molecule has 232 valence electrons. The quantitative estimate of drug-likeness (QED) is 0.360. The number of hydrogen-bond acceptors (Lipinski definition) is 9. The van der Waals surface area contributed by atoms with Gasteiger partial charge >= 0.3 is 5.91 Å². The fourth-order valence-electron chi connectivity index (χ4n) is 5.84. The topological polar surface area (TPSA) is 198 Å². The molecule has 1 aliphatic carbocycles. The predicted octanol–water partition coefficient (Wildman–Crippen LogP) is 1.62. The summed E-state index contributed by atoms with van der Waals surface area (Å²) >= 11 is 5.88. The van der Waals surface area contributed by atoms with E-state index in [0.29, 0.717) is 32.5 Å². The van der Waals surface area contributed by atoms with E-state index in [4.69, 9.17) is 27.8 Å². The molecule has 2 aromatic rings. The first-order valence-electron chi connectivity index (χ1n) is 14.1. The van der Waals surface area contributed by atoms with Crippen molar-refractivity contribution in [1.29, 1.82) is 0 Å². The highest BCUT2D eigenvalue weighted by Gasteiger charge is 2.41. The van der Waals surface area contributed by atoms with E-state index >= 15 is 0 Å². The molecule has 3 aliphatic rings. The highest BCUT2D eigenvalue weighted by atomic mass is 35.5. The molecule has 2 amide bonds. The zero-order valence-electron chi connectivity index (χ0n) is 24.1. The Balaban J connectivity index is 1.26. The number of likely N-dealkylation sites (tertiary alicyclic amines) is 1. The molecule has 43 heavy (non-hydrogen) atoms. The maximum Gasteiger partial charge on any atom is 0.302 e. The first-order chi connectivity index (χ1) is 20.4. The molecule has 16 heteroatoms. The van der Waals surface area contributed by atoms with Gasteiger partial charge in [0.25, 0.3) is 5.91 Å². The number of aromatic nitrogens is 2. The number of benzene rings is 1. The summed E-state index contributed by atoms with van der Waals surface area (Å²) in [5, 5.41) is 6.23. The van der Waals surface area contributed by atoms with E-state index in [2.05, 4.69) is 25.6 Å². The number of carbonyl (C=O) groups excluding carboxylic acids is 2. The Morgan fingerprint density at radius 1 is 1.14 bits per heavy atom. The SMILES string of the molecule is COc1ccc(C(=O)N2CCC3(CC2)CN/C(=N\C(=O)c2nc(Cl)c(N)nc2N)N3)cc1S(=O)(=O)N(C)C1CCCCC1. The van der Waals surface area contributed by atoms with Gasteiger partial charge in [0.2, 0.25) is 10.0 Å². The van der Waals surface area contributed by atoms with E-state index in [1.807, 2.05) is 0 Å². The average Bonchev–Trinajstić information content (AvgIpc) is 3.39. The lowest BCUT2D eigenvalue weighted by atomic mass is 9.88. The van der Waals surface area contributed by atoms with Gasteiger partial charge in [0.1, 0.15) is 10.6 Å².